The lowest BCUT2D eigenvalue weighted by molar-refractivity contribution is 0.0966. The van der Waals surface area contributed by atoms with Crippen LogP contribution in [0.1, 0.15) is 15.9 Å². The Labute approximate surface area is 127 Å². The average molecular weight is 293 g/mol. The van der Waals surface area contributed by atoms with Gasteiger partial charge in [-0.25, -0.2) is 4.98 Å². The molecule has 110 valence electrons. The van der Waals surface area contributed by atoms with Crippen molar-refractivity contribution in [3.8, 4) is 11.3 Å². The van der Waals surface area contributed by atoms with Crippen molar-refractivity contribution in [3.63, 3.8) is 0 Å². The lowest BCUT2D eigenvalue weighted by Crippen LogP contribution is -2.13. The maximum Gasteiger partial charge on any atom is 0.254 e. The Bertz CT molecular complexity index is 912. The van der Waals surface area contributed by atoms with Crippen molar-refractivity contribution in [3.05, 3.63) is 41.9 Å². The van der Waals surface area contributed by atoms with E-state index in [0.29, 0.717) is 12.1 Å². The molecule has 1 aliphatic heterocycles. The Morgan fingerprint density at radius 2 is 2.18 bits per heavy atom. The van der Waals surface area contributed by atoms with Crippen LogP contribution in [0.3, 0.4) is 0 Å². The predicted molar refractivity (Wildman–Crippen MR) is 84.7 cm³/mol. The number of aromatic nitrogens is 3. The third-order valence-corrected chi connectivity index (χ3v) is 4.12. The number of fused-ring (bicyclic) bond motifs is 2. The number of anilines is 1. The Morgan fingerprint density at radius 3 is 3.00 bits per heavy atom. The topological polar surface area (TPSA) is 71.8 Å². The zero-order valence-corrected chi connectivity index (χ0v) is 12.3. The second-order valence-corrected chi connectivity index (χ2v) is 5.33. The lowest BCUT2D eigenvalue weighted by atomic mass is 10.0. The number of nitrogens with one attached hydrogen (secondary N) is 2. The van der Waals surface area contributed by atoms with Crippen LogP contribution in [0.15, 0.2) is 30.7 Å². The van der Waals surface area contributed by atoms with Crippen LogP contribution < -0.4 is 10.6 Å². The minimum atomic E-state index is -0.0543. The van der Waals surface area contributed by atoms with Gasteiger partial charge in [0.05, 0.1) is 23.1 Å². The molecule has 0 fully saturated rings. The highest BCUT2D eigenvalue weighted by atomic mass is 16.1. The number of hydrogen-bond donors (Lipinski definition) is 2. The zero-order valence-electron chi connectivity index (χ0n) is 12.3. The first-order valence-electron chi connectivity index (χ1n) is 7.09. The standard InChI is InChI=1S/C16H15N5O/c1-17-12-8-19-14(11-7-20-16(22)13(11)12)9-3-5-18-15-10(9)4-6-21(15)2/h3-6,8,17H,7H2,1-2H3,(H,20,22). The van der Waals surface area contributed by atoms with Crippen molar-refractivity contribution in [2.75, 3.05) is 12.4 Å². The van der Waals surface area contributed by atoms with Gasteiger partial charge in [-0.05, 0) is 12.1 Å². The molecule has 0 spiro atoms. The summed E-state index contributed by atoms with van der Waals surface area (Å²) in [5.41, 5.74) is 5.13. The molecule has 0 bridgehead atoms. The Balaban J connectivity index is 2.03. The third kappa shape index (κ3) is 1.64. The normalized spacial score (nSPS) is 13.3. The van der Waals surface area contributed by atoms with E-state index >= 15 is 0 Å². The first kappa shape index (κ1) is 12.8. The van der Waals surface area contributed by atoms with Gasteiger partial charge in [0.2, 0.25) is 0 Å². The van der Waals surface area contributed by atoms with Crippen molar-refractivity contribution in [2.45, 2.75) is 6.54 Å². The van der Waals surface area contributed by atoms with Crippen molar-refractivity contribution >= 4 is 22.6 Å². The van der Waals surface area contributed by atoms with E-state index < -0.39 is 0 Å². The summed E-state index contributed by atoms with van der Waals surface area (Å²) in [5, 5.41) is 6.96. The number of amides is 1. The first-order valence-corrected chi connectivity index (χ1v) is 7.09. The number of carbonyl (C=O) groups is 1. The zero-order chi connectivity index (χ0) is 15.3. The van der Waals surface area contributed by atoms with Crippen LogP contribution in [0.25, 0.3) is 22.3 Å². The monoisotopic (exact) mass is 293 g/mol. The maximum atomic E-state index is 12.1. The molecule has 22 heavy (non-hydrogen) atoms. The van der Waals surface area contributed by atoms with E-state index in [2.05, 4.69) is 20.6 Å². The molecule has 3 aromatic heterocycles. The quantitative estimate of drug-likeness (QED) is 0.757. The molecule has 0 saturated heterocycles. The Kier molecular flexibility index (Phi) is 2.66. The summed E-state index contributed by atoms with van der Waals surface area (Å²) in [6.45, 7) is 0.503. The first-order chi connectivity index (χ1) is 10.7. The minimum absolute atomic E-state index is 0.0543. The molecule has 0 unspecified atom stereocenters. The van der Waals surface area contributed by atoms with E-state index in [1.807, 2.05) is 29.9 Å². The van der Waals surface area contributed by atoms with Crippen LogP contribution in [0.4, 0.5) is 5.69 Å². The number of carbonyl (C=O) groups excluding carboxylic acids is 1. The largest absolute Gasteiger partial charge is 0.386 e. The highest BCUT2D eigenvalue weighted by Crippen LogP contribution is 2.34. The fraction of sp³-hybridized carbons (Fsp3) is 0.188. The number of pyridine rings is 2. The van der Waals surface area contributed by atoms with Gasteiger partial charge in [-0.2, -0.15) is 0 Å². The molecule has 1 amide bonds. The van der Waals surface area contributed by atoms with Gasteiger partial charge in [-0.1, -0.05) is 0 Å². The molecule has 6 heteroatoms. The molecule has 3 aromatic rings. The third-order valence-electron chi connectivity index (χ3n) is 4.12. The van der Waals surface area contributed by atoms with Crippen LogP contribution in [0.2, 0.25) is 0 Å². The van der Waals surface area contributed by atoms with E-state index in [-0.39, 0.29) is 5.91 Å². The Hall–Kier alpha value is -2.89. The van der Waals surface area contributed by atoms with Crippen LogP contribution in [-0.4, -0.2) is 27.5 Å². The van der Waals surface area contributed by atoms with Crippen LogP contribution >= 0.6 is 0 Å². The second kappa shape index (κ2) is 4.56. The summed E-state index contributed by atoms with van der Waals surface area (Å²) in [6, 6.07) is 3.98. The Morgan fingerprint density at radius 1 is 1.32 bits per heavy atom. The molecule has 2 N–H and O–H groups in total. The highest BCUT2D eigenvalue weighted by molar-refractivity contribution is 6.06. The van der Waals surface area contributed by atoms with E-state index in [9.17, 15) is 4.79 Å². The van der Waals surface area contributed by atoms with Crippen molar-refractivity contribution in [1.29, 1.82) is 0 Å². The molecule has 4 rings (SSSR count). The van der Waals surface area contributed by atoms with Gasteiger partial charge in [0, 0.05) is 49.5 Å². The SMILES string of the molecule is CNc1cnc(-c2ccnc3c2ccn3C)c2c1C(=O)NC2. The molecule has 0 aliphatic carbocycles. The molecular weight excluding hydrogens is 278 g/mol. The summed E-state index contributed by atoms with van der Waals surface area (Å²) < 4.78 is 1.98. The highest BCUT2D eigenvalue weighted by Gasteiger charge is 2.27. The predicted octanol–water partition coefficient (Wildman–Crippen LogP) is 1.92. The molecule has 0 aromatic carbocycles. The number of hydrogen-bond acceptors (Lipinski definition) is 4. The van der Waals surface area contributed by atoms with Gasteiger partial charge in [0.25, 0.3) is 5.91 Å². The average Bonchev–Trinajstić information content (AvgIpc) is 3.11. The fourth-order valence-corrected chi connectivity index (χ4v) is 3.03. The van der Waals surface area contributed by atoms with E-state index in [1.165, 1.54) is 0 Å². The molecular formula is C16H15N5O. The number of rotatable bonds is 2. The molecule has 0 saturated carbocycles. The number of nitrogens with zero attached hydrogens (tertiary/aromatic N) is 3. The van der Waals surface area contributed by atoms with Gasteiger partial charge >= 0.3 is 0 Å². The fourth-order valence-electron chi connectivity index (χ4n) is 3.03. The summed E-state index contributed by atoms with van der Waals surface area (Å²) >= 11 is 0. The van der Waals surface area contributed by atoms with E-state index in [1.54, 1.807) is 19.4 Å². The molecule has 1 aliphatic rings. The van der Waals surface area contributed by atoms with Gasteiger partial charge in [-0.15, -0.1) is 0 Å². The van der Waals surface area contributed by atoms with Gasteiger partial charge < -0.3 is 15.2 Å². The maximum absolute atomic E-state index is 12.1. The summed E-state index contributed by atoms with van der Waals surface area (Å²) in [5.74, 6) is -0.0543. The van der Waals surface area contributed by atoms with Crippen LogP contribution in [-0.2, 0) is 13.6 Å². The van der Waals surface area contributed by atoms with Crippen LogP contribution in [0, 0.1) is 0 Å². The molecule has 0 radical (unpaired) electrons. The lowest BCUT2D eigenvalue weighted by Gasteiger charge is -2.11. The van der Waals surface area contributed by atoms with E-state index in [4.69, 9.17) is 0 Å². The smallest absolute Gasteiger partial charge is 0.254 e. The van der Waals surface area contributed by atoms with Gasteiger partial charge in [0.1, 0.15) is 5.65 Å². The summed E-state index contributed by atoms with van der Waals surface area (Å²) in [6.07, 6.45) is 5.48. The molecule has 0 atom stereocenters. The molecule has 6 nitrogen and oxygen atoms in total. The summed E-state index contributed by atoms with van der Waals surface area (Å²) in [4.78, 5) is 21.1. The van der Waals surface area contributed by atoms with Gasteiger partial charge in [0.15, 0.2) is 0 Å². The van der Waals surface area contributed by atoms with Crippen molar-refractivity contribution in [2.24, 2.45) is 7.05 Å². The molecule has 4 heterocycles. The van der Waals surface area contributed by atoms with Crippen LogP contribution in [0.5, 0.6) is 0 Å². The van der Waals surface area contributed by atoms with E-state index in [0.717, 1.165) is 33.5 Å². The second-order valence-electron chi connectivity index (χ2n) is 5.33. The van der Waals surface area contributed by atoms with Crippen molar-refractivity contribution in [1.82, 2.24) is 19.9 Å². The van der Waals surface area contributed by atoms with Gasteiger partial charge in [-0.3, -0.25) is 9.78 Å². The number of aryl methyl sites for hydroxylation is 1. The summed E-state index contributed by atoms with van der Waals surface area (Å²) in [7, 11) is 3.76. The van der Waals surface area contributed by atoms with Crippen molar-refractivity contribution < 1.29 is 4.79 Å². The minimum Gasteiger partial charge on any atom is -0.386 e.